The van der Waals surface area contributed by atoms with E-state index in [1.165, 1.54) is 5.01 Å². The van der Waals surface area contributed by atoms with Crippen molar-refractivity contribution in [3.63, 3.8) is 0 Å². The van der Waals surface area contributed by atoms with Gasteiger partial charge in [0.1, 0.15) is 5.71 Å². The quantitative estimate of drug-likeness (QED) is 0.865. The van der Waals surface area contributed by atoms with Crippen LogP contribution >= 0.6 is 0 Å². The maximum atomic E-state index is 13.0. The topological polar surface area (TPSA) is 82.1 Å². The van der Waals surface area contributed by atoms with Gasteiger partial charge in [0.2, 0.25) is 11.8 Å². The van der Waals surface area contributed by atoms with Crippen molar-refractivity contribution in [1.29, 1.82) is 0 Å². The van der Waals surface area contributed by atoms with E-state index in [0.29, 0.717) is 31.6 Å². The van der Waals surface area contributed by atoms with E-state index in [0.717, 1.165) is 29.7 Å². The molecule has 0 aromatic heterocycles. The lowest BCUT2D eigenvalue weighted by molar-refractivity contribution is -0.127. The molecule has 0 spiro atoms. The minimum Gasteiger partial charge on any atom is -0.352 e. The van der Waals surface area contributed by atoms with Crippen LogP contribution in [-0.2, 0) is 14.4 Å². The molecule has 1 saturated heterocycles. The summed E-state index contributed by atoms with van der Waals surface area (Å²) < 4.78 is 0. The van der Waals surface area contributed by atoms with Crippen LogP contribution < -0.4 is 10.3 Å². The third-order valence-corrected chi connectivity index (χ3v) is 5.27. The van der Waals surface area contributed by atoms with E-state index in [1.54, 1.807) is 4.90 Å². The van der Waals surface area contributed by atoms with Crippen molar-refractivity contribution < 1.29 is 14.4 Å². The Morgan fingerprint density at radius 3 is 2.79 bits per heavy atom. The Balaban J connectivity index is 1.78. The molecule has 1 atom stereocenters. The van der Waals surface area contributed by atoms with Crippen molar-refractivity contribution in [2.45, 2.75) is 58.9 Å². The Kier molecular flexibility index (Phi) is 6.11. The number of carbonyl (C=O) groups is 3. The Morgan fingerprint density at radius 1 is 1.25 bits per heavy atom. The molecule has 2 aliphatic rings. The number of hydrazone groups is 1. The summed E-state index contributed by atoms with van der Waals surface area (Å²) in [7, 11) is 0. The number of hydrogen-bond donors (Lipinski definition) is 1. The highest BCUT2D eigenvalue weighted by Crippen LogP contribution is 2.26. The standard InChI is InChI=1S/C21H28N4O3/c1-4-19(26)22-16-6-5-11-24(13-16)21(28)17-9-10-20(27)25(23-17)18-12-14(2)7-8-15(18)3/h7-8,12,16H,4-6,9-11,13H2,1-3H3,(H,22,26). The van der Waals surface area contributed by atoms with Gasteiger partial charge >= 0.3 is 0 Å². The Hall–Kier alpha value is -2.70. The third kappa shape index (κ3) is 4.40. The Labute approximate surface area is 165 Å². The Bertz CT molecular complexity index is 818. The van der Waals surface area contributed by atoms with Crippen LogP contribution in [0, 0.1) is 13.8 Å². The SMILES string of the molecule is CCC(=O)NC1CCCN(C(=O)C2=NN(c3cc(C)ccc3C)C(=O)CC2)C1. The van der Waals surface area contributed by atoms with Crippen LogP contribution in [0.1, 0.15) is 50.2 Å². The molecule has 150 valence electrons. The van der Waals surface area contributed by atoms with Crippen LogP contribution in [0.4, 0.5) is 5.69 Å². The van der Waals surface area contributed by atoms with Crippen molar-refractivity contribution in [3.05, 3.63) is 29.3 Å². The molecule has 1 unspecified atom stereocenters. The molecule has 1 fully saturated rings. The van der Waals surface area contributed by atoms with E-state index in [9.17, 15) is 14.4 Å². The second kappa shape index (κ2) is 8.54. The van der Waals surface area contributed by atoms with Gasteiger partial charge in [-0.05, 0) is 43.9 Å². The van der Waals surface area contributed by atoms with E-state index in [1.807, 2.05) is 39.0 Å². The number of carbonyl (C=O) groups excluding carboxylic acids is 3. The lowest BCUT2D eigenvalue weighted by Gasteiger charge is -2.34. The van der Waals surface area contributed by atoms with Crippen molar-refractivity contribution in [2.24, 2.45) is 5.10 Å². The smallest absolute Gasteiger partial charge is 0.270 e. The number of rotatable bonds is 4. The van der Waals surface area contributed by atoms with Crippen LogP contribution in [-0.4, -0.2) is 47.5 Å². The average Bonchev–Trinajstić information content (AvgIpc) is 2.70. The van der Waals surface area contributed by atoms with Crippen LogP contribution in [0.5, 0.6) is 0 Å². The molecule has 1 aromatic rings. The molecular formula is C21H28N4O3. The lowest BCUT2D eigenvalue weighted by Crippen LogP contribution is -2.52. The second-order valence-electron chi connectivity index (χ2n) is 7.55. The zero-order valence-electron chi connectivity index (χ0n) is 16.8. The summed E-state index contributed by atoms with van der Waals surface area (Å²) in [5.41, 5.74) is 3.11. The fraction of sp³-hybridized carbons (Fsp3) is 0.524. The highest BCUT2D eigenvalue weighted by atomic mass is 16.2. The first-order valence-electron chi connectivity index (χ1n) is 9.95. The minimum absolute atomic E-state index is 0.000926. The molecule has 2 aliphatic heterocycles. The highest BCUT2D eigenvalue weighted by molar-refractivity contribution is 6.40. The second-order valence-corrected chi connectivity index (χ2v) is 7.55. The number of benzene rings is 1. The summed E-state index contributed by atoms with van der Waals surface area (Å²) in [6.07, 6.45) is 2.76. The number of nitrogens with zero attached hydrogens (tertiary/aromatic N) is 3. The molecule has 0 radical (unpaired) electrons. The van der Waals surface area contributed by atoms with E-state index in [2.05, 4.69) is 10.4 Å². The molecule has 3 rings (SSSR count). The number of amides is 3. The van der Waals surface area contributed by atoms with Gasteiger partial charge in [0, 0.05) is 38.4 Å². The predicted octanol–water partition coefficient (Wildman–Crippen LogP) is 2.30. The largest absolute Gasteiger partial charge is 0.352 e. The molecule has 0 aliphatic carbocycles. The number of likely N-dealkylation sites (tertiary alicyclic amines) is 1. The third-order valence-electron chi connectivity index (χ3n) is 5.27. The maximum Gasteiger partial charge on any atom is 0.270 e. The van der Waals surface area contributed by atoms with Crippen molar-refractivity contribution in [2.75, 3.05) is 18.1 Å². The summed E-state index contributed by atoms with van der Waals surface area (Å²) >= 11 is 0. The average molecular weight is 384 g/mol. The monoisotopic (exact) mass is 384 g/mol. The fourth-order valence-corrected chi connectivity index (χ4v) is 3.63. The molecule has 28 heavy (non-hydrogen) atoms. The molecule has 1 aromatic carbocycles. The molecule has 1 N–H and O–H groups in total. The molecule has 2 heterocycles. The summed E-state index contributed by atoms with van der Waals surface area (Å²) in [6, 6.07) is 5.84. The molecule has 0 saturated carbocycles. The lowest BCUT2D eigenvalue weighted by atomic mass is 10.0. The zero-order chi connectivity index (χ0) is 20.3. The van der Waals surface area contributed by atoms with Crippen LogP contribution in [0.3, 0.4) is 0 Å². The molecular weight excluding hydrogens is 356 g/mol. The van der Waals surface area contributed by atoms with Gasteiger partial charge in [0.25, 0.3) is 5.91 Å². The summed E-state index contributed by atoms with van der Waals surface area (Å²) in [4.78, 5) is 38.9. The van der Waals surface area contributed by atoms with Gasteiger partial charge in [-0.3, -0.25) is 14.4 Å². The summed E-state index contributed by atoms with van der Waals surface area (Å²) in [5, 5.41) is 8.78. The number of anilines is 1. The van der Waals surface area contributed by atoms with Crippen molar-refractivity contribution in [1.82, 2.24) is 10.2 Å². The van der Waals surface area contributed by atoms with E-state index >= 15 is 0 Å². The van der Waals surface area contributed by atoms with Gasteiger partial charge in [-0.2, -0.15) is 5.10 Å². The van der Waals surface area contributed by atoms with Crippen molar-refractivity contribution >= 4 is 29.1 Å². The van der Waals surface area contributed by atoms with E-state index < -0.39 is 0 Å². The Morgan fingerprint density at radius 2 is 2.04 bits per heavy atom. The molecule has 0 bridgehead atoms. The summed E-state index contributed by atoms with van der Waals surface area (Å²) in [6.45, 7) is 6.84. The van der Waals surface area contributed by atoms with Gasteiger partial charge in [-0.15, -0.1) is 0 Å². The van der Waals surface area contributed by atoms with E-state index in [-0.39, 0.29) is 30.2 Å². The molecule has 7 heteroatoms. The first kappa shape index (κ1) is 20.0. The first-order valence-corrected chi connectivity index (χ1v) is 9.95. The van der Waals surface area contributed by atoms with Gasteiger partial charge in [-0.1, -0.05) is 19.1 Å². The number of hydrogen-bond acceptors (Lipinski definition) is 4. The zero-order valence-corrected chi connectivity index (χ0v) is 16.8. The number of aryl methyl sites for hydroxylation is 2. The number of nitrogens with one attached hydrogen (secondary N) is 1. The minimum atomic E-state index is -0.141. The molecule has 7 nitrogen and oxygen atoms in total. The summed E-state index contributed by atoms with van der Waals surface area (Å²) in [5.74, 6) is -0.240. The maximum absolute atomic E-state index is 13.0. The van der Waals surface area contributed by atoms with Gasteiger partial charge in [-0.25, -0.2) is 5.01 Å². The van der Waals surface area contributed by atoms with Crippen LogP contribution in [0.2, 0.25) is 0 Å². The van der Waals surface area contributed by atoms with Gasteiger partial charge < -0.3 is 10.2 Å². The van der Waals surface area contributed by atoms with Crippen LogP contribution in [0.25, 0.3) is 0 Å². The van der Waals surface area contributed by atoms with Crippen LogP contribution in [0.15, 0.2) is 23.3 Å². The molecule has 3 amide bonds. The predicted molar refractivity (Wildman–Crippen MR) is 108 cm³/mol. The van der Waals surface area contributed by atoms with Crippen molar-refractivity contribution in [3.8, 4) is 0 Å². The van der Waals surface area contributed by atoms with Gasteiger partial charge in [0.05, 0.1) is 5.69 Å². The normalized spacial score (nSPS) is 20.0. The van der Waals surface area contributed by atoms with Gasteiger partial charge in [0.15, 0.2) is 0 Å². The first-order chi connectivity index (χ1) is 13.4. The fourth-order valence-electron chi connectivity index (χ4n) is 3.63. The van der Waals surface area contributed by atoms with E-state index in [4.69, 9.17) is 0 Å². The highest BCUT2D eigenvalue weighted by Gasteiger charge is 2.31. The number of piperidine rings is 1.